The van der Waals surface area contributed by atoms with Crippen LogP contribution in [-0.2, 0) is 13.1 Å². The third kappa shape index (κ3) is 3.85. The fourth-order valence-corrected chi connectivity index (χ4v) is 3.36. The maximum atomic E-state index is 13.0. The molecule has 0 bridgehead atoms. The number of nitrogens with zero attached hydrogens (tertiary/aromatic N) is 2. The van der Waals surface area contributed by atoms with Gasteiger partial charge in [-0.25, -0.2) is 9.37 Å². The number of aryl methyl sites for hydroxylation is 1. The van der Waals surface area contributed by atoms with Crippen molar-refractivity contribution < 1.29 is 9.18 Å². The highest BCUT2D eigenvalue weighted by Crippen LogP contribution is 2.18. The van der Waals surface area contributed by atoms with E-state index in [1.165, 1.54) is 12.1 Å². The molecule has 4 rings (SSSR count). The molecule has 0 atom stereocenters. The van der Waals surface area contributed by atoms with Gasteiger partial charge in [0.2, 0.25) is 0 Å². The van der Waals surface area contributed by atoms with E-state index in [1.807, 2.05) is 31.2 Å². The molecule has 30 heavy (non-hydrogen) atoms. The van der Waals surface area contributed by atoms with Crippen LogP contribution in [0.5, 0.6) is 0 Å². The molecule has 0 fully saturated rings. The van der Waals surface area contributed by atoms with Crippen molar-refractivity contribution in [2.24, 2.45) is 0 Å². The van der Waals surface area contributed by atoms with Gasteiger partial charge in [0, 0.05) is 24.2 Å². The molecule has 0 aliphatic rings. The molecule has 0 aliphatic carbocycles. The molecular weight excluding hydrogens is 381 g/mol. The third-order valence-electron chi connectivity index (χ3n) is 4.96. The van der Waals surface area contributed by atoms with Gasteiger partial charge in [-0.05, 0) is 48.9 Å². The SMILES string of the molecule is CCn1c(=O)c(-c2ccc(C(=O)NCc3ccc(F)cc3)cc2)nc2ccccc21. The number of para-hydroxylation sites is 2. The van der Waals surface area contributed by atoms with E-state index in [4.69, 9.17) is 0 Å². The lowest BCUT2D eigenvalue weighted by molar-refractivity contribution is 0.0951. The number of rotatable bonds is 5. The number of amides is 1. The van der Waals surface area contributed by atoms with Crippen molar-refractivity contribution in [2.45, 2.75) is 20.0 Å². The van der Waals surface area contributed by atoms with Crippen LogP contribution >= 0.6 is 0 Å². The summed E-state index contributed by atoms with van der Waals surface area (Å²) in [5, 5.41) is 2.80. The van der Waals surface area contributed by atoms with Crippen LogP contribution < -0.4 is 10.9 Å². The van der Waals surface area contributed by atoms with Gasteiger partial charge >= 0.3 is 0 Å². The smallest absolute Gasteiger partial charge is 0.277 e. The van der Waals surface area contributed by atoms with Gasteiger partial charge in [0.25, 0.3) is 11.5 Å². The predicted molar refractivity (Wildman–Crippen MR) is 115 cm³/mol. The second kappa shape index (κ2) is 8.29. The van der Waals surface area contributed by atoms with Gasteiger partial charge < -0.3 is 9.88 Å². The van der Waals surface area contributed by atoms with E-state index in [0.29, 0.717) is 29.9 Å². The fraction of sp³-hybridized carbons (Fsp3) is 0.125. The van der Waals surface area contributed by atoms with Gasteiger partial charge in [0.05, 0.1) is 11.0 Å². The highest BCUT2D eigenvalue weighted by atomic mass is 19.1. The lowest BCUT2D eigenvalue weighted by atomic mass is 10.1. The standard InChI is InChI=1S/C24H20FN3O2/c1-2-28-21-6-4-3-5-20(21)27-22(24(28)30)17-9-11-18(12-10-17)23(29)26-15-16-7-13-19(25)14-8-16/h3-14H,2,15H2,1H3,(H,26,29). The zero-order valence-electron chi connectivity index (χ0n) is 16.4. The molecule has 0 spiro atoms. The number of nitrogens with one attached hydrogen (secondary N) is 1. The minimum atomic E-state index is -0.315. The van der Waals surface area contributed by atoms with Gasteiger partial charge in [-0.3, -0.25) is 9.59 Å². The van der Waals surface area contributed by atoms with Crippen molar-refractivity contribution in [3.63, 3.8) is 0 Å². The number of hydrogen-bond acceptors (Lipinski definition) is 3. The van der Waals surface area contributed by atoms with E-state index in [9.17, 15) is 14.0 Å². The molecule has 4 aromatic rings. The molecule has 0 saturated heterocycles. The monoisotopic (exact) mass is 401 g/mol. The summed E-state index contributed by atoms with van der Waals surface area (Å²) in [6, 6.07) is 20.3. The van der Waals surface area contributed by atoms with E-state index in [-0.39, 0.29) is 17.3 Å². The summed E-state index contributed by atoms with van der Waals surface area (Å²) in [4.78, 5) is 29.9. The summed E-state index contributed by atoms with van der Waals surface area (Å²) in [5.41, 5.74) is 3.67. The number of fused-ring (bicyclic) bond motifs is 1. The Kier molecular flexibility index (Phi) is 5.39. The van der Waals surface area contributed by atoms with Gasteiger partial charge in [-0.1, -0.05) is 36.4 Å². The quantitative estimate of drug-likeness (QED) is 0.546. The van der Waals surface area contributed by atoms with Gasteiger partial charge in [0.1, 0.15) is 11.5 Å². The highest BCUT2D eigenvalue weighted by molar-refractivity contribution is 5.94. The van der Waals surface area contributed by atoms with Crippen molar-refractivity contribution in [1.29, 1.82) is 0 Å². The Morgan fingerprint density at radius 2 is 1.70 bits per heavy atom. The van der Waals surface area contributed by atoms with Crippen molar-refractivity contribution in [3.05, 3.63) is 100 Å². The molecule has 3 aromatic carbocycles. The van der Waals surface area contributed by atoms with E-state index in [1.54, 1.807) is 41.0 Å². The van der Waals surface area contributed by atoms with Crippen molar-refractivity contribution in [3.8, 4) is 11.3 Å². The number of carbonyl (C=O) groups is 1. The average molecular weight is 401 g/mol. The van der Waals surface area contributed by atoms with Crippen LogP contribution in [0.2, 0.25) is 0 Å². The molecule has 0 unspecified atom stereocenters. The van der Waals surface area contributed by atoms with Crippen molar-refractivity contribution in [1.82, 2.24) is 14.9 Å². The Bertz CT molecular complexity index is 1260. The summed E-state index contributed by atoms with van der Waals surface area (Å²) in [5.74, 6) is -0.562. The molecule has 1 aromatic heterocycles. The topological polar surface area (TPSA) is 64.0 Å². The zero-order valence-corrected chi connectivity index (χ0v) is 16.4. The highest BCUT2D eigenvalue weighted by Gasteiger charge is 2.13. The normalized spacial score (nSPS) is 10.9. The minimum absolute atomic E-state index is 0.162. The van der Waals surface area contributed by atoms with Gasteiger partial charge in [-0.15, -0.1) is 0 Å². The van der Waals surface area contributed by atoms with Crippen LogP contribution in [0, 0.1) is 5.82 Å². The average Bonchev–Trinajstić information content (AvgIpc) is 2.78. The zero-order chi connectivity index (χ0) is 21.1. The van der Waals surface area contributed by atoms with E-state index < -0.39 is 0 Å². The molecule has 6 heteroatoms. The molecular formula is C24H20FN3O2. The predicted octanol–water partition coefficient (Wildman–Crippen LogP) is 4.15. The first-order valence-corrected chi connectivity index (χ1v) is 9.69. The summed E-state index contributed by atoms with van der Waals surface area (Å²) in [6.45, 7) is 2.76. The van der Waals surface area contributed by atoms with Crippen LogP contribution in [0.15, 0.2) is 77.6 Å². The molecule has 150 valence electrons. The van der Waals surface area contributed by atoms with Crippen LogP contribution in [0.1, 0.15) is 22.8 Å². The fourth-order valence-electron chi connectivity index (χ4n) is 3.36. The molecule has 5 nitrogen and oxygen atoms in total. The molecule has 1 heterocycles. The van der Waals surface area contributed by atoms with Gasteiger partial charge in [0.15, 0.2) is 0 Å². The van der Waals surface area contributed by atoms with E-state index in [2.05, 4.69) is 10.3 Å². The summed E-state index contributed by atoms with van der Waals surface area (Å²) in [6.07, 6.45) is 0. The van der Waals surface area contributed by atoms with Crippen LogP contribution in [-0.4, -0.2) is 15.5 Å². The Morgan fingerprint density at radius 3 is 2.40 bits per heavy atom. The molecule has 1 N–H and O–H groups in total. The second-order valence-electron chi connectivity index (χ2n) is 6.89. The lowest BCUT2D eigenvalue weighted by Gasteiger charge is -2.11. The number of benzene rings is 3. The first-order chi connectivity index (χ1) is 14.6. The Labute approximate surface area is 172 Å². The number of aromatic nitrogens is 2. The molecule has 0 saturated carbocycles. The summed E-state index contributed by atoms with van der Waals surface area (Å²) < 4.78 is 14.7. The summed E-state index contributed by atoms with van der Waals surface area (Å²) >= 11 is 0. The van der Waals surface area contributed by atoms with Gasteiger partial charge in [-0.2, -0.15) is 0 Å². The number of carbonyl (C=O) groups excluding carboxylic acids is 1. The first kappa shape index (κ1) is 19.5. The van der Waals surface area contributed by atoms with Crippen molar-refractivity contribution >= 4 is 16.9 Å². The number of hydrogen-bond donors (Lipinski definition) is 1. The minimum Gasteiger partial charge on any atom is -0.348 e. The largest absolute Gasteiger partial charge is 0.348 e. The molecule has 1 amide bonds. The van der Waals surface area contributed by atoms with Crippen molar-refractivity contribution in [2.75, 3.05) is 0 Å². The second-order valence-corrected chi connectivity index (χ2v) is 6.89. The molecule has 0 aliphatic heterocycles. The third-order valence-corrected chi connectivity index (χ3v) is 4.96. The maximum absolute atomic E-state index is 13.0. The Morgan fingerprint density at radius 1 is 1.00 bits per heavy atom. The molecule has 0 radical (unpaired) electrons. The van der Waals surface area contributed by atoms with Crippen LogP contribution in [0.25, 0.3) is 22.3 Å². The van der Waals surface area contributed by atoms with Crippen LogP contribution in [0.4, 0.5) is 4.39 Å². The van der Waals surface area contributed by atoms with E-state index in [0.717, 1.165) is 16.6 Å². The maximum Gasteiger partial charge on any atom is 0.277 e. The van der Waals surface area contributed by atoms with Crippen LogP contribution in [0.3, 0.4) is 0 Å². The lowest BCUT2D eigenvalue weighted by Crippen LogP contribution is -2.23. The Balaban J connectivity index is 1.57. The Hall–Kier alpha value is -3.80. The van der Waals surface area contributed by atoms with E-state index >= 15 is 0 Å². The number of halogens is 1. The summed E-state index contributed by atoms with van der Waals surface area (Å²) in [7, 11) is 0. The first-order valence-electron chi connectivity index (χ1n) is 9.69.